The molecule has 1 saturated heterocycles. The highest BCUT2D eigenvalue weighted by molar-refractivity contribution is 6.33. The third-order valence-corrected chi connectivity index (χ3v) is 3.42. The molecule has 1 aliphatic heterocycles. The molecule has 1 aliphatic rings. The van der Waals surface area contributed by atoms with E-state index in [-0.39, 0.29) is 29.0 Å². The maximum atomic E-state index is 11.9. The lowest BCUT2D eigenvalue weighted by molar-refractivity contribution is -0.117. The molecule has 0 bridgehead atoms. The first-order valence-electron chi connectivity index (χ1n) is 5.87. The van der Waals surface area contributed by atoms with Crippen molar-refractivity contribution in [3.63, 3.8) is 0 Å². The minimum atomic E-state index is -1.12. The Morgan fingerprint density at radius 1 is 1.60 bits per heavy atom. The smallest absolute Gasteiger partial charge is 0.337 e. The van der Waals surface area contributed by atoms with Crippen LogP contribution in [0.4, 0.5) is 5.69 Å². The molecule has 0 aromatic heterocycles. The molecular weight excluding hydrogens is 284 g/mol. The number of halogens is 1. The Morgan fingerprint density at radius 2 is 2.35 bits per heavy atom. The van der Waals surface area contributed by atoms with Gasteiger partial charge in [-0.25, -0.2) is 4.79 Å². The van der Waals surface area contributed by atoms with E-state index in [0.717, 1.165) is 0 Å². The molecule has 1 aromatic rings. The number of carbonyl (C=O) groups excluding carboxylic acids is 1. The standard InChI is InChI=1S/C12H11ClN4O3/c13-10-4-8(1-2-9(10)12(19)20)17-6-7(3-11(17)18)5-15-16-14/h1-2,4,7H,3,5-6H2,(H,19,20). The number of carboxylic acid groups (broad SMARTS) is 1. The van der Waals surface area contributed by atoms with Crippen molar-refractivity contribution in [3.05, 3.63) is 39.2 Å². The summed E-state index contributed by atoms with van der Waals surface area (Å²) in [7, 11) is 0. The van der Waals surface area contributed by atoms with Gasteiger partial charge in [-0.05, 0) is 29.6 Å². The Hall–Kier alpha value is -2.24. The first-order valence-corrected chi connectivity index (χ1v) is 6.24. The first kappa shape index (κ1) is 14.2. The van der Waals surface area contributed by atoms with Crippen molar-refractivity contribution in [2.24, 2.45) is 11.0 Å². The lowest BCUT2D eigenvalue weighted by atomic mass is 10.1. The number of benzene rings is 1. The van der Waals surface area contributed by atoms with Crippen LogP contribution in [0.3, 0.4) is 0 Å². The molecule has 1 atom stereocenters. The maximum absolute atomic E-state index is 11.9. The van der Waals surface area contributed by atoms with Crippen LogP contribution in [0, 0.1) is 5.92 Å². The molecule has 1 heterocycles. The Morgan fingerprint density at radius 3 is 2.95 bits per heavy atom. The first-order chi connectivity index (χ1) is 9.52. The molecule has 104 valence electrons. The summed E-state index contributed by atoms with van der Waals surface area (Å²) in [6.45, 7) is 0.695. The molecule has 20 heavy (non-hydrogen) atoms. The zero-order valence-corrected chi connectivity index (χ0v) is 11.1. The normalized spacial score (nSPS) is 17.9. The zero-order valence-electron chi connectivity index (χ0n) is 10.4. The zero-order chi connectivity index (χ0) is 14.7. The number of carboxylic acids is 1. The van der Waals surface area contributed by atoms with E-state index in [1.165, 1.54) is 17.0 Å². The number of rotatable bonds is 4. The highest BCUT2D eigenvalue weighted by Gasteiger charge is 2.30. The summed E-state index contributed by atoms with van der Waals surface area (Å²) in [4.78, 5) is 27.0. The summed E-state index contributed by atoms with van der Waals surface area (Å²) >= 11 is 5.89. The number of nitrogens with zero attached hydrogens (tertiary/aromatic N) is 4. The maximum Gasteiger partial charge on any atom is 0.337 e. The molecule has 0 saturated carbocycles. The lowest BCUT2D eigenvalue weighted by Crippen LogP contribution is -2.24. The molecule has 2 rings (SSSR count). The summed E-state index contributed by atoms with van der Waals surface area (Å²) in [6, 6.07) is 4.37. The summed E-state index contributed by atoms with van der Waals surface area (Å²) in [5.74, 6) is -1.24. The van der Waals surface area contributed by atoms with Crippen molar-refractivity contribution in [1.82, 2.24) is 0 Å². The van der Waals surface area contributed by atoms with E-state index in [1.54, 1.807) is 6.07 Å². The van der Waals surface area contributed by atoms with Crippen molar-refractivity contribution in [1.29, 1.82) is 0 Å². The quantitative estimate of drug-likeness (QED) is 0.524. The van der Waals surface area contributed by atoms with E-state index in [1.807, 2.05) is 0 Å². The molecular formula is C12H11ClN4O3. The van der Waals surface area contributed by atoms with Crippen LogP contribution >= 0.6 is 11.6 Å². The van der Waals surface area contributed by atoms with Crippen LogP contribution in [0.15, 0.2) is 23.3 Å². The number of aromatic carboxylic acids is 1. The second-order valence-electron chi connectivity index (χ2n) is 4.46. The van der Waals surface area contributed by atoms with Gasteiger partial charge < -0.3 is 10.0 Å². The average molecular weight is 295 g/mol. The predicted molar refractivity (Wildman–Crippen MR) is 72.9 cm³/mol. The van der Waals surface area contributed by atoms with Crippen molar-refractivity contribution >= 4 is 29.2 Å². The van der Waals surface area contributed by atoms with Crippen LogP contribution in [-0.2, 0) is 4.79 Å². The molecule has 0 aliphatic carbocycles. The monoisotopic (exact) mass is 294 g/mol. The fourth-order valence-electron chi connectivity index (χ4n) is 2.15. The summed E-state index contributed by atoms with van der Waals surface area (Å²) < 4.78 is 0. The minimum Gasteiger partial charge on any atom is -0.478 e. The van der Waals surface area contributed by atoms with E-state index < -0.39 is 5.97 Å². The van der Waals surface area contributed by atoms with Crippen LogP contribution in [0.25, 0.3) is 10.4 Å². The number of hydrogen-bond acceptors (Lipinski definition) is 3. The summed E-state index contributed by atoms with van der Waals surface area (Å²) in [5, 5.41) is 12.5. The summed E-state index contributed by atoms with van der Waals surface area (Å²) in [5.41, 5.74) is 8.82. The van der Waals surface area contributed by atoms with Crippen LogP contribution in [0.1, 0.15) is 16.8 Å². The van der Waals surface area contributed by atoms with Gasteiger partial charge in [0.25, 0.3) is 0 Å². The average Bonchev–Trinajstić information content (AvgIpc) is 2.77. The molecule has 1 amide bonds. The van der Waals surface area contributed by atoms with Crippen molar-refractivity contribution in [2.75, 3.05) is 18.0 Å². The molecule has 0 radical (unpaired) electrons. The fraction of sp³-hybridized carbons (Fsp3) is 0.333. The van der Waals surface area contributed by atoms with Gasteiger partial charge in [0, 0.05) is 30.1 Å². The Kier molecular flexibility index (Phi) is 4.12. The van der Waals surface area contributed by atoms with Gasteiger partial charge in [0.2, 0.25) is 5.91 Å². The van der Waals surface area contributed by atoms with Gasteiger partial charge in [-0.2, -0.15) is 0 Å². The Labute approximate surface area is 119 Å². The minimum absolute atomic E-state index is 0.00677. The lowest BCUT2D eigenvalue weighted by Gasteiger charge is -2.17. The van der Waals surface area contributed by atoms with Gasteiger partial charge >= 0.3 is 5.97 Å². The van der Waals surface area contributed by atoms with E-state index >= 15 is 0 Å². The van der Waals surface area contributed by atoms with Crippen LogP contribution in [0.2, 0.25) is 5.02 Å². The van der Waals surface area contributed by atoms with Crippen LogP contribution in [0.5, 0.6) is 0 Å². The van der Waals surface area contributed by atoms with Crippen LogP contribution < -0.4 is 4.90 Å². The van der Waals surface area contributed by atoms with Gasteiger partial charge in [-0.1, -0.05) is 16.7 Å². The van der Waals surface area contributed by atoms with E-state index in [4.69, 9.17) is 22.2 Å². The van der Waals surface area contributed by atoms with Gasteiger partial charge in [-0.3, -0.25) is 4.79 Å². The highest BCUT2D eigenvalue weighted by atomic mass is 35.5. The molecule has 7 nitrogen and oxygen atoms in total. The topological polar surface area (TPSA) is 106 Å². The SMILES string of the molecule is [N-]=[N+]=NCC1CC(=O)N(c2ccc(C(=O)O)c(Cl)c2)C1. The van der Waals surface area contributed by atoms with E-state index in [2.05, 4.69) is 10.0 Å². The Balaban J connectivity index is 2.20. The van der Waals surface area contributed by atoms with Crippen molar-refractivity contribution in [2.45, 2.75) is 6.42 Å². The second-order valence-corrected chi connectivity index (χ2v) is 4.86. The largest absolute Gasteiger partial charge is 0.478 e. The third kappa shape index (κ3) is 2.84. The molecule has 1 unspecified atom stereocenters. The third-order valence-electron chi connectivity index (χ3n) is 3.10. The number of anilines is 1. The van der Waals surface area contributed by atoms with E-state index in [9.17, 15) is 9.59 Å². The second kappa shape index (κ2) is 5.81. The van der Waals surface area contributed by atoms with Crippen molar-refractivity contribution < 1.29 is 14.7 Å². The van der Waals surface area contributed by atoms with E-state index in [0.29, 0.717) is 18.7 Å². The van der Waals surface area contributed by atoms with Gasteiger partial charge in [0.15, 0.2) is 0 Å². The van der Waals surface area contributed by atoms with Crippen LogP contribution in [-0.4, -0.2) is 30.1 Å². The van der Waals surface area contributed by atoms with Gasteiger partial charge in [-0.15, -0.1) is 0 Å². The molecule has 8 heteroatoms. The number of amides is 1. The predicted octanol–water partition coefficient (Wildman–Crippen LogP) is 2.70. The number of hydrogen-bond donors (Lipinski definition) is 1. The van der Waals surface area contributed by atoms with Gasteiger partial charge in [0.05, 0.1) is 10.6 Å². The molecule has 1 fully saturated rings. The van der Waals surface area contributed by atoms with Crippen molar-refractivity contribution in [3.8, 4) is 0 Å². The molecule has 1 aromatic carbocycles. The highest BCUT2D eigenvalue weighted by Crippen LogP contribution is 2.29. The fourth-order valence-corrected chi connectivity index (χ4v) is 2.41. The Bertz CT molecular complexity index is 613. The number of azide groups is 1. The molecule has 1 N–H and O–H groups in total. The number of carbonyl (C=O) groups is 2. The van der Waals surface area contributed by atoms with Gasteiger partial charge in [0.1, 0.15) is 0 Å². The molecule has 0 spiro atoms. The summed E-state index contributed by atoms with van der Waals surface area (Å²) in [6.07, 6.45) is 0.303.